The van der Waals surface area contributed by atoms with Gasteiger partial charge in [-0.15, -0.1) is 0 Å². The predicted octanol–water partition coefficient (Wildman–Crippen LogP) is 2.66. The van der Waals surface area contributed by atoms with Crippen LogP contribution in [0.4, 0.5) is 14.5 Å². The summed E-state index contributed by atoms with van der Waals surface area (Å²) in [6, 6.07) is 11.7. The first-order chi connectivity index (χ1) is 14.0. The highest BCUT2D eigenvalue weighted by atomic mass is 19.3. The fourth-order valence-electron chi connectivity index (χ4n) is 3.74. The van der Waals surface area contributed by atoms with Crippen LogP contribution in [0.3, 0.4) is 0 Å². The van der Waals surface area contributed by atoms with Crippen molar-refractivity contribution < 1.29 is 32.7 Å². The summed E-state index contributed by atoms with van der Waals surface area (Å²) in [5.74, 6) is 1.44. The maximum Gasteiger partial charge on any atom is 0.387 e. The molecule has 29 heavy (non-hydrogen) atoms. The van der Waals surface area contributed by atoms with Gasteiger partial charge in [0, 0.05) is 18.5 Å². The molecule has 0 bridgehead atoms. The van der Waals surface area contributed by atoms with E-state index in [9.17, 15) is 13.6 Å². The van der Waals surface area contributed by atoms with Gasteiger partial charge in [0.25, 0.3) is 5.91 Å². The summed E-state index contributed by atoms with van der Waals surface area (Å²) in [7, 11) is 3.25. The Morgan fingerprint density at radius 3 is 2.52 bits per heavy atom. The van der Waals surface area contributed by atoms with Crippen LogP contribution in [-0.4, -0.2) is 39.8 Å². The highest BCUT2D eigenvalue weighted by Gasteiger charge is 2.34. The van der Waals surface area contributed by atoms with Crippen LogP contribution in [0.5, 0.6) is 17.2 Å². The van der Waals surface area contributed by atoms with Crippen LogP contribution in [0.1, 0.15) is 24.4 Å². The van der Waals surface area contributed by atoms with Crippen molar-refractivity contribution in [3.63, 3.8) is 0 Å². The number of anilines is 1. The second-order valence-electron chi connectivity index (χ2n) is 6.84. The molecule has 8 heteroatoms. The lowest BCUT2D eigenvalue weighted by Gasteiger charge is -2.23. The zero-order chi connectivity index (χ0) is 20.8. The summed E-state index contributed by atoms with van der Waals surface area (Å²) in [5, 5.41) is 2.81. The zero-order valence-corrected chi connectivity index (χ0v) is 16.4. The number of rotatable bonds is 8. The molecule has 1 amide bonds. The van der Waals surface area contributed by atoms with Crippen LogP contribution in [-0.2, 0) is 4.79 Å². The van der Waals surface area contributed by atoms with Crippen molar-refractivity contribution in [1.29, 1.82) is 0 Å². The van der Waals surface area contributed by atoms with Crippen LogP contribution in [0.25, 0.3) is 0 Å². The number of benzene rings is 2. The molecular weight excluding hydrogens is 382 g/mol. The molecule has 0 saturated carbocycles. The fourth-order valence-corrected chi connectivity index (χ4v) is 3.74. The molecule has 2 aromatic carbocycles. The van der Waals surface area contributed by atoms with Gasteiger partial charge in [0.15, 0.2) is 6.54 Å². The molecule has 1 unspecified atom stereocenters. The normalized spacial score (nSPS) is 18.5. The number of nitrogens with one attached hydrogen (secondary N) is 2. The number of amides is 1. The van der Waals surface area contributed by atoms with E-state index in [1.807, 2.05) is 18.2 Å². The first-order valence-electron chi connectivity index (χ1n) is 9.41. The molecule has 1 aliphatic rings. The number of carbonyl (C=O) groups is 1. The van der Waals surface area contributed by atoms with E-state index in [0.29, 0.717) is 12.2 Å². The molecule has 2 atom stereocenters. The van der Waals surface area contributed by atoms with Gasteiger partial charge in [-0.1, -0.05) is 0 Å². The molecular formula is C21H25F2N2O4+. The van der Waals surface area contributed by atoms with Crippen LogP contribution >= 0.6 is 0 Å². The highest BCUT2D eigenvalue weighted by molar-refractivity contribution is 5.91. The Morgan fingerprint density at radius 2 is 1.86 bits per heavy atom. The first kappa shape index (κ1) is 20.9. The molecule has 3 rings (SSSR count). The summed E-state index contributed by atoms with van der Waals surface area (Å²) in [5.41, 5.74) is 1.56. The molecule has 156 valence electrons. The molecule has 1 aliphatic heterocycles. The van der Waals surface area contributed by atoms with Crippen molar-refractivity contribution in [1.82, 2.24) is 0 Å². The van der Waals surface area contributed by atoms with E-state index in [1.54, 1.807) is 14.2 Å². The number of hydrogen-bond donors (Lipinski definition) is 2. The minimum absolute atomic E-state index is 0.0494. The van der Waals surface area contributed by atoms with Crippen LogP contribution in [0.2, 0.25) is 0 Å². The number of hydrogen-bond acceptors (Lipinski definition) is 4. The first-order valence-corrected chi connectivity index (χ1v) is 9.41. The van der Waals surface area contributed by atoms with E-state index < -0.39 is 6.61 Å². The zero-order valence-electron chi connectivity index (χ0n) is 16.4. The van der Waals surface area contributed by atoms with Gasteiger partial charge in [0.2, 0.25) is 0 Å². The van der Waals surface area contributed by atoms with E-state index in [4.69, 9.17) is 9.47 Å². The van der Waals surface area contributed by atoms with Crippen molar-refractivity contribution in [3.8, 4) is 17.2 Å². The monoisotopic (exact) mass is 407 g/mol. The molecule has 0 spiro atoms. The third kappa shape index (κ3) is 5.35. The summed E-state index contributed by atoms with van der Waals surface area (Å²) in [6.45, 7) is -1.71. The summed E-state index contributed by atoms with van der Waals surface area (Å²) in [6.07, 6.45) is 1.96. The molecule has 0 aromatic heterocycles. The van der Waals surface area contributed by atoms with Gasteiger partial charge in [0.05, 0.1) is 26.3 Å². The van der Waals surface area contributed by atoms with Gasteiger partial charge < -0.3 is 24.4 Å². The molecule has 1 fully saturated rings. The quantitative estimate of drug-likeness (QED) is 0.707. The van der Waals surface area contributed by atoms with E-state index >= 15 is 0 Å². The van der Waals surface area contributed by atoms with Crippen molar-refractivity contribution in [2.45, 2.75) is 25.5 Å². The average Bonchev–Trinajstić information content (AvgIpc) is 3.16. The largest absolute Gasteiger partial charge is 0.497 e. The van der Waals surface area contributed by atoms with Crippen LogP contribution < -0.4 is 24.4 Å². The van der Waals surface area contributed by atoms with Crippen molar-refractivity contribution in [3.05, 3.63) is 48.0 Å². The van der Waals surface area contributed by atoms with Gasteiger partial charge in [-0.25, -0.2) is 0 Å². The van der Waals surface area contributed by atoms with Gasteiger partial charge in [0.1, 0.15) is 23.3 Å². The van der Waals surface area contributed by atoms with Crippen LogP contribution in [0.15, 0.2) is 42.5 Å². The Hall–Kier alpha value is -2.87. The van der Waals surface area contributed by atoms with E-state index in [-0.39, 0.29) is 17.7 Å². The second-order valence-corrected chi connectivity index (χ2v) is 6.84. The smallest absolute Gasteiger partial charge is 0.387 e. The molecule has 0 radical (unpaired) electrons. The number of quaternary nitrogens is 1. The maximum atomic E-state index is 12.5. The molecule has 1 saturated heterocycles. The SMILES string of the molecule is COc1ccc(OC)c([C@H]2CCC[NH+]2CC(=O)Nc2ccc(OC(F)F)cc2)c1. The number of likely N-dealkylation sites (tertiary alicyclic amines) is 1. The van der Waals surface area contributed by atoms with E-state index in [1.165, 1.54) is 24.3 Å². The Morgan fingerprint density at radius 1 is 1.14 bits per heavy atom. The molecule has 2 aromatic rings. The summed E-state index contributed by atoms with van der Waals surface area (Å²) >= 11 is 0. The van der Waals surface area contributed by atoms with Gasteiger partial charge in [-0.2, -0.15) is 8.78 Å². The Balaban J connectivity index is 1.65. The molecule has 6 nitrogen and oxygen atoms in total. The lowest BCUT2D eigenvalue weighted by atomic mass is 10.0. The third-order valence-corrected chi connectivity index (χ3v) is 5.05. The van der Waals surface area contributed by atoms with E-state index in [2.05, 4.69) is 10.1 Å². The lowest BCUT2D eigenvalue weighted by Crippen LogP contribution is -3.11. The number of methoxy groups -OCH3 is 2. The summed E-state index contributed by atoms with van der Waals surface area (Å²) in [4.78, 5) is 13.7. The molecule has 1 heterocycles. The average molecular weight is 407 g/mol. The number of carbonyl (C=O) groups excluding carboxylic acids is 1. The third-order valence-electron chi connectivity index (χ3n) is 5.05. The minimum Gasteiger partial charge on any atom is -0.497 e. The molecule has 2 N–H and O–H groups in total. The predicted molar refractivity (Wildman–Crippen MR) is 104 cm³/mol. The molecule has 0 aliphatic carbocycles. The highest BCUT2D eigenvalue weighted by Crippen LogP contribution is 2.31. The minimum atomic E-state index is -2.88. The number of ether oxygens (including phenoxy) is 3. The summed E-state index contributed by atoms with van der Waals surface area (Å²) < 4.78 is 39.6. The van der Waals surface area contributed by atoms with Gasteiger partial charge in [-0.05, 0) is 42.5 Å². The standard InChI is InChI=1S/C21H24F2N2O4/c1-27-16-9-10-19(28-2)17(12-16)18-4-3-11-25(18)13-20(26)24-14-5-7-15(8-6-14)29-21(22)23/h5-10,12,18,21H,3-4,11,13H2,1-2H3,(H,24,26)/p+1/t18-/m1/s1. The van der Waals surface area contributed by atoms with Crippen LogP contribution in [0, 0.1) is 0 Å². The number of alkyl halides is 2. The Bertz CT molecular complexity index is 830. The lowest BCUT2D eigenvalue weighted by molar-refractivity contribution is -0.910. The van der Waals surface area contributed by atoms with E-state index in [0.717, 1.165) is 41.3 Å². The van der Waals surface area contributed by atoms with Crippen molar-refractivity contribution in [2.75, 3.05) is 32.6 Å². The van der Waals surface area contributed by atoms with Crippen molar-refractivity contribution >= 4 is 11.6 Å². The Kier molecular flexibility index (Phi) is 6.87. The number of halogens is 2. The fraction of sp³-hybridized carbons (Fsp3) is 0.381. The van der Waals surface area contributed by atoms with Crippen molar-refractivity contribution in [2.24, 2.45) is 0 Å². The maximum absolute atomic E-state index is 12.5. The second kappa shape index (κ2) is 9.56. The van der Waals surface area contributed by atoms with Gasteiger partial charge >= 0.3 is 6.61 Å². The van der Waals surface area contributed by atoms with Gasteiger partial charge in [-0.3, -0.25) is 4.79 Å². The topological polar surface area (TPSA) is 61.2 Å². The Labute approximate surface area is 168 Å².